The number of carboxylic acids is 1. The number of carbonyl (C=O) groups is 2. The average Bonchev–Trinajstić information content (AvgIpc) is 2.28. The van der Waals surface area contributed by atoms with Gasteiger partial charge in [-0.05, 0) is 17.7 Å². The highest BCUT2D eigenvalue weighted by atomic mass is 16.5. The molecule has 17 heavy (non-hydrogen) atoms. The van der Waals surface area contributed by atoms with Gasteiger partial charge in [0.25, 0.3) is 0 Å². The van der Waals surface area contributed by atoms with Crippen LogP contribution in [0, 0.1) is 0 Å². The van der Waals surface area contributed by atoms with Gasteiger partial charge in [-0.25, -0.2) is 5.43 Å². The second kappa shape index (κ2) is 6.26. The number of rotatable bonds is 5. The van der Waals surface area contributed by atoms with Crippen LogP contribution in [0.3, 0.4) is 0 Å². The van der Waals surface area contributed by atoms with Crippen LogP contribution in [0.4, 0.5) is 0 Å². The molecule has 0 aromatic heterocycles. The maximum Gasteiger partial charge on any atom is 0.245 e. The monoisotopic (exact) mass is 235 g/mol. The van der Waals surface area contributed by atoms with Crippen LogP contribution in [0.25, 0.3) is 0 Å². The lowest BCUT2D eigenvalue weighted by atomic mass is 10.2. The van der Waals surface area contributed by atoms with E-state index in [-0.39, 0.29) is 0 Å². The molecule has 0 aliphatic heterocycles. The largest absolute Gasteiger partial charge is 0.550 e. The van der Waals surface area contributed by atoms with Crippen molar-refractivity contribution in [1.29, 1.82) is 0 Å². The summed E-state index contributed by atoms with van der Waals surface area (Å²) in [6, 6.07) is 7.01. The molecule has 0 unspecified atom stereocenters. The van der Waals surface area contributed by atoms with E-state index in [2.05, 4.69) is 10.5 Å². The fraction of sp³-hybridized carbons (Fsp3) is 0.182. The van der Waals surface area contributed by atoms with Gasteiger partial charge < -0.3 is 14.6 Å². The Labute approximate surface area is 97.9 Å². The minimum absolute atomic E-state index is 0.662. The van der Waals surface area contributed by atoms with E-state index in [1.54, 1.807) is 24.3 Å². The molecule has 0 fully saturated rings. The van der Waals surface area contributed by atoms with E-state index in [9.17, 15) is 14.7 Å². The highest BCUT2D eigenvalue weighted by Gasteiger charge is 1.98. The summed E-state index contributed by atoms with van der Waals surface area (Å²) in [4.78, 5) is 21.0. The van der Waals surface area contributed by atoms with Crippen molar-refractivity contribution in [3.05, 3.63) is 29.8 Å². The van der Waals surface area contributed by atoms with Crippen LogP contribution >= 0.6 is 0 Å². The predicted molar refractivity (Wildman–Crippen MR) is 58.4 cm³/mol. The number of hydrazone groups is 1. The molecule has 0 aliphatic carbocycles. The molecule has 6 heteroatoms. The van der Waals surface area contributed by atoms with Gasteiger partial charge in [0.05, 0.1) is 25.7 Å². The summed E-state index contributed by atoms with van der Waals surface area (Å²) in [6.45, 7) is 0. The van der Waals surface area contributed by atoms with E-state index in [1.165, 1.54) is 13.3 Å². The number of hydrogen-bond donors (Lipinski definition) is 1. The third kappa shape index (κ3) is 4.78. The molecule has 90 valence electrons. The number of amides is 1. The minimum Gasteiger partial charge on any atom is -0.550 e. The fourth-order valence-electron chi connectivity index (χ4n) is 1.07. The molecular formula is C11H11N2O4-. The van der Waals surface area contributed by atoms with Gasteiger partial charge in [-0.1, -0.05) is 12.1 Å². The second-order valence-corrected chi connectivity index (χ2v) is 3.12. The molecule has 1 rings (SSSR count). The summed E-state index contributed by atoms with van der Waals surface area (Å²) in [7, 11) is 1.54. The molecule has 1 N–H and O–H groups in total. The number of hydrogen-bond acceptors (Lipinski definition) is 5. The van der Waals surface area contributed by atoms with Crippen LogP contribution in [0.2, 0.25) is 0 Å². The van der Waals surface area contributed by atoms with E-state index in [4.69, 9.17) is 4.74 Å². The summed E-state index contributed by atoms with van der Waals surface area (Å²) < 4.78 is 5.00. The van der Waals surface area contributed by atoms with E-state index >= 15 is 0 Å². The number of nitrogens with one attached hydrogen (secondary N) is 1. The summed E-state index contributed by atoms with van der Waals surface area (Å²) in [5.74, 6) is -1.52. The highest BCUT2D eigenvalue weighted by Crippen LogP contribution is 2.10. The molecule has 0 saturated carbocycles. The summed E-state index contributed by atoms with van der Waals surface area (Å²) in [6.07, 6.45) is 0.672. The molecule has 0 radical (unpaired) electrons. The molecular weight excluding hydrogens is 224 g/mol. The Morgan fingerprint density at radius 3 is 2.94 bits per heavy atom. The number of ether oxygens (including phenoxy) is 1. The van der Waals surface area contributed by atoms with Crippen molar-refractivity contribution in [3.8, 4) is 5.75 Å². The minimum atomic E-state index is -1.45. The van der Waals surface area contributed by atoms with Crippen molar-refractivity contribution in [3.63, 3.8) is 0 Å². The molecule has 0 bridgehead atoms. The van der Waals surface area contributed by atoms with E-state index in [1.807, 2.05) is 0 Å². The smallest absolute Gasteiger partial charge is 0.245 e. The van der Waals surface area contributed by atoms with Crippen LogP contribution in [0.15, 0.2) is 29.4 Å². The van der Waals surface area contributed by atoms with Crippen LogP contribution in [-0.2, 0) is 9.59 Å². The van der Waals surface area contributed by atoms with Crippen molar-refractivity contribution in [2.75, 3.05) is 7.11 Å². The molecule has 0 spiro atoms. The third-order valence-corrected chi connectivity index (χ3v) is 1.80. The number of aliphatic carboxylic acids is 1. The van der Waals surface area contributed by atoms with Crippen molar-refractivity contribution in [2.45, 2.75) is 6.42 Å². The average molecular weight is 235 g/mol. The van der Waals surface area contributed by atoms with Crippen LogP contribution in [0.1, 0.15) is 12.0 Å². The second-order valence-electron chi connectivity index (χ2n) is 3.12. The Balaban J connectivity index is 2.53. The molecule has 1 amide bonds. The van der Waals surface area contributed by atoms with Crippen LogP contribution < -0.4 is 15.3 Å². The summed E-state index contributed by atoms with van der Waals surface area (Å²) in [5.41, 5.74) is 2.79. The number of carbonyl (C=O) groups excluding carboxylic acids is 2. The first kappa shape index (κ1) is 12.7. The lowest BCUT2D eigenvalue weighted by molar-refractivity contribution is -0.304. The normalized spacial score (nSPS) is 10.2. The maximum absolute atomic E-state index is 10.9. The standard InChI is InChI=1S/C11H12N2O4/c1-17-9-4-2-3-8(5-9)7-12-13-10(14)6-11(15)16/h2-5,7H,6H2,1H3,(H,13,14)(H,15,16)/p-1/b12-7+. The molecule has 1 aromatic rings. The van der Waals surface area contributed by atoms with Crippen molar-refractivity contribution in [2.24, 2.45) is 5.10 Å². The van der Waals surface area contributed by atoms with E-state index in [0.717, 1.165) is 5.56 Å². The number of benzene rings is 1. The van der Waals surface area contributed by atoms with E-state index < -0.39 is 18.3 Å². The zero-order chi connectivity index (χ0) is 12.7. The molecule has 0 atom stereocenters. The molecule has 6 nitrogen and oxygen atoms in total. The van der Waals surface area contributed by atoms with Gasteiger partial charge in [0.1, 0.15) is 5.75 Å². The number of nitrogens with zero attached hydrogens (tertiary/aromatic N) is 1. The lowest BCUT2D eigenvalue weighted by Crippen LogP contribution is -2.30. The Bertz CT molecular complexity index is 443. The zero-order valence-corrected chi connectivity index (χ0v) is 9.17. The van der Waals surface area contributed by atoms with Crippen molar-refractivity contribution < 1.29 is 19.4 Å². The predicted octanol–water partition coefficient (Wildman–Crippen LogP) is -0.715. The Morgan fingerprint density at radius 2 is 2.29 bits per heavy atom. The quantitative estimate of drug-likeness (QED) is 0.414. The fourth-order valence-corrected chi connectivity index (χ4v) is 1.07. The van der Waals surface area contributed by atoms with Crippen molar-refractivity contribution in [1.82, 2.24) is 5.43 Å². The van der Waals surface area contributed by atoms with Gasteiger partial charge >= 0.3 is 0 Å². The highest BCUT2D eigenvalue weighted by molar-refractivity contribution is 5.93. The maximum atomic E-state index is 10.9. The van der Waals surface area contributed by atoms with Crippen molar-refractivity contribution >= 4 is 18.1 Å². The molecule has 0 aliphatic rings. The van der Waals surface area contributed by atoms with E-state index in [0.29, 0.717) is 5.75 Å². The van der Waals surface area contributed by atoms with Crippen LogP contribution in [0.5, 0.6) is 5.75 Å². The molecule has 1 aromatic carbocycles. The Kier molecular flexibility index (Phi) is 4.68. The Morgan fingerprint density at radius 1 is 1.53 bits per heavy atom. The van der Waals surface area contributed by atoms with Gasteiger partial charge in [-0.3, -0.25) is 4.79 Å². The summed E-state index contributed by atoms with van der Waals surface area (Å²) in [5, 5.41) is 13.7. The van der Waals surface area contributed by atoms with Gasteiger partial charge in [0.15, 0.2) is 0 Å². The van der Waals surface area contributed by atoms with Gasteiger partial charge in [-0.2, -0.15) is 5.10 Å². The summed E-state index contributed by atoms with van der Waals surface area (Å²) >= 11 is 0. The number of carboxylic acid groups (broad SMARTS) is 1. The van der Waals surface area contributed by atoms with Gasteiger partial charge in [0.2, 0.25) is 5.91 Å². The van der Waals surface area contributed by atoms with Gasteiger partial charge in [-0.15, -0.1) is 0 Å². The van der Waals surface area contributed by atoms with Gasteiger partial charge in [0, 0.05) is 0 Å². The first-order valence-corrected chi connectivity index (χ1v) is 4.77. The topological polar surface area (TPSA) is 90.8 Å². The third-order valence-electron chi connectivity index (χ3n) is 1.80. The zero-order valence-electron chi connectivity index (χ0n) is 9.17. The molecule has 0 heterocycles. The number of methoxy groups -OCH3 is 1. The SMILES string of the molecule is COc1cccc(/C=N/NC(=O)CC(=O)[O-])c1. The lowest BCUT2D eigenvalue weighted by Gasteiger charge is -2.01. The molecule has 0 saturated heterocycles. The first-order valence-electron chi connectivity index (χ1n) is 4.77. The Hall–Kier alpha value is -2.37. The van der Waals surface area contributed by atoms with Crippen LogP contribution in [-0.4, -0.2) is 25.2 Å². The first-order chi connectivity index (χ1) is 8.11.